The van der Waals surface area contributed by atoms with Gasteiger partial charge in [-0.3, -0.25) is 0 Å². The first-order valence-corrected chi connectivity index (χ1v) is 14.4. The van der Waals surface area contributed by atoms with Crippen LogP contribution in [0.25, 0.3) is 0 Å². The predicted octanol–water partition coefficient (Wildman–Crippen LogP) is 7.21. The van der Waals surface area contributed by atoms with E-state index < -0.39 is 21.7 Å². The number of allylic oxidation sites excluding steroid dienone is 1. The Morgan fingerprint density at radius 1 is 0.846 bits per heavy atom. The smallest absolute Gasteiger partial charge is 0.241 e. The fourth-order valence-corrected chi connectivity index (χ4v) is 5.41. The molecular weight excluding hydrogens is 549 g/mol. The number of rotatable bonds is 7. The first kappa shape index (κ1) is 28.6. The molecular formula is C32H27Cl2NO3S. The van der Waals surface area contributed by atoms with Crippen molar-refractivity contribution < 1.29 is 13.5 Å². The molecule has 0 saturated carbocycles. The number of aryl methyl sites for hydroxylation is 1. The maximum absolute atomic E-state index is 13.2. The maximum atomic E-state index is 13.2. The molecule has 0 saturated heterocycles. The molecule has 0 aliphatic heterocycles. The van der Waals surface area contributed by atoms with Gasteiger partial charge in [-0.1, -0.05) is 113 Å². The number of halogens is 2. The van der Waals surface area contributed by atoms with Gasteiger partial charge in [-0.05, 0) is 61.4 Å². The molecule has 0 aliphatic rings. The quantitative estimate of drug-likeness (QED) is 0.229. The molecule has 198 valence electrons. The van der Waals surface area contributed by atoms with E-state index in [1.807, 2.05) is 37.3 Å². The highest BCUT2D eigenvalue weighted by molar-refractivity contribution is 7.89. The Kier molecular flexibility index (Phi) is 8.97. The standard InChI is InChI=1S/C32H27Cl2NO3S/c1-23-8-18-30(19-9-23)39(37,38)35-31(25-6-4-3-5-7-25)22-24(2)20-21-32(36,26-10-14-28(33)15-11-26)27-12-16-29(34)17-13-27/h3-19,22,31,35-36H,1-2H3/b24-22+. The summed E-state index contributed by atoms with van der Waals surface area (Å²) in [5.74, 6) is 6.04. The van der Waals surface area contributed by atoms with Crippen LogP contribution in [0.5, 0.6) is 0 Å². The molecule has 4 rings (SSSR count). The highest BCUT2D eigenvalue weighted by Crippen LogP contribution is 2.31. The van der Waals surface area contributed by atoms with Crippen LogP contribution in [0.15, 0.2) is 120 Å². The number of aliphatic hydroxyl groups is 1. The predicted molar refractivity (Wildman–Crippen MR) is 158 cm³/mol. The van der Waals surface area contributed by atoms with Crippen molar-refractivity contribution in [2.24, 2.45) is 0 Å². The molecule has 0 aromatic heterocycles. The second kappa shape index (κ2) is 12.2. The van der Waals surface area contributed by atoms with Crippen LogP contribution < -0.4 is 4.72 Å². The normalized spacial score (nSPS) is 12.9. The highest BCUT2D eigenvalue weighted by Gasteiger charge is 2.29. The van der Waals surface area contributed by atoms with Gasteiger partial charge in [0.05, 0.1) is 10.9 Å². The van der Waals surface area contributed by atoms with E-state index in [9.17, 15) is 13.5 Å². The van der Waals surface area contributed by atoms with Crippen LogP contribution in [0, 0.1) is 18.8 Å². The van der Waals surface area contributed by atoms with Crippen LogP contribution >= 0.6 is 23.2 Å². The first-order chi connectivity index (χ1) is 18.6. The molecule has 0 bridgehead atoms. The summed E-state index contributed by atoms with van der Waals surface area (Å²) >= 11 is 12.2. The molecule has 4 nitrogen and oxygen atoms in total. The lowest BCUT2D eigenvalue weighted by atomic mass is 9.86. The van der Waals surface area contributed by atoms with E-state index in [-0.39, 0.29) is 4.90 Å². The van der Waals surface area contributed by atoms with Gasteiger partial charge in [0, 0.05) is 21.2 Å². The Labute approximate surface area is 240 Å². The SMILES string of the molecule is C/C(C#CC(O)(c1ccc(Cl)cc1)c1ccc(Cl)cc1)=C\C(NS(=O)(=O)c1ccc(C)cc1)c1ccccc1. The van der Waals surface area contributed by atoms with Crippen LogP contribution in [-0.4, -0.2) is 13.5 Å². The fraction of sp³-hybridized carbons (Fsp3) is 0.125. The lowest BCUT2D eigenvalue weighted by molar-refractivity contribution is 0.145. The third kappa shape index (κ3) is 7.19. The minimum absolute atomic E-state index is 0.172. The van der Waals surface area contributed by atoms with Crippen molar-refractivity contribution in [3.63, 3.8) is 0 Å². The molecule has 4 aromatic carbocycles. The highest BCUT2D eigenvalue weighted by atomic mass is 35.5. The van der Waals surface area contributed by atoms with Gasteiger partial charge in [-0.25, -0.2) is 8.42 Å². The summed E-state index contributed by atoms with van der Waals surface area (Å²) < 4.78 is 29.2. The van der Waals surface area contributed by atoms with Crippen molar-refractivity contribution in [2.75, 3.05) is 0 Å². The first-order valence-electron chi connectivity index (χ1n) is 12.2. The largest absolute Gasteiger partial charge is 0.369 e. The molecule has 0 heterocycles. The molecule has 0 spiro atoms. The van der Waals surface area contributed by atoms with E-state index in [1.54, 1.807) is 85.8 Å². The van der Waals surface area contributed by atoms with Crippen molar-refractivity contribution in [3.05, 3.63) is 147 Å². The zero-order valence-electron chi connectivity index (χ0n) is 21.4. The van der Waals surface area contributed by atoms with Crippen LogP contribution in [0.3, 0.4) is 0 Å². The summed E-state index contributed by atoms with van der Waals surface area (Å²) in [6.45, 7) is 3.67. The summed E-state index contributed by atoms with van der Waals surface area (Å²) in [6, 6.07) is 28.8. The number of nitrogens with one attached hydrogen (secondary N) is 1. The van der Waals surface area contributed by atoms with E-state index in [2.05, 4.69) is 16.6 Å². The summed E-state index contributed by atoms with van der Waals surface area (Å²) in [4.78, 5) is 0.172. The lowest BCUT2D eigenvalue weighted by Gasteiger charge is -2.24. The number of benzene rings is 4. The van der Waals surface area contributed by atoms with Crippen molar-refractivity contribution >= 4 is 33.2 Å². The van der Waals surface area contributed by atoms with Crippen LogP contribution in [-0.2, 0) is 15.6 Å². The molecule has 0 amide bonds. The zero-order valence-corrected chi connectivity index (χ0v) is 23.7. The molecule has 4 aromatic rings. The average Bonchev–Trinajstić information content (AvgIpc) is 2.93. The van der Waals surface area contributed by atoms with E-state index >= 15 is 0 Å². The maximum Gasteiger partial charge on any atom is 0.241 e. The molecule has 1 atom stereocenters. The van der Waals surface area contributed by atoms with Gasteiger partial charge in [-0.15, -0.1) is 0 Å². The van der Waals surface area contributed by atoms with Crippen LogP contribution in [0.2, 0.25) is 10.0 Å². The van der Waals surface area contributed by atoms with Gasteiger partial charge in [0.1, 0.15) is 0 Å². The Balaban J connectivity index is 1.74. The molecule has 2 N–H and O–H groups in total. The molecule has 0 fully saturated rings. The zero-order chi connectivity index (χ0) is 28.0. The number of hydrogen-bond donors (Lipinski definition) is 2. The Hall–Kier alpha value is -3.37. The number of hydrogen-bond acceptors (Lipinski definition) is 3. The minimum atomic E-state index is -3.82. The molecule has 7 heteroatoms. The van der Waals surface area contributed by atoms with Crippen molar-refractivity contribution in [3.8, 4) is 11.8 Å². The molecule has 39 heavy (non-hydrogen) atoms. The lowest BCUT2D eigenvalue weighted by Crippen LogP contribution is -2.28. The third-order valence-electron chi connectivity index (χ3n) is 6.15. The van der Waals surface area contributed by atoms with E-state index in [1.165, 1.54) is 0 Å². The Morgan fingerprint density at radius 3 is 1.87 bits per heavy atom. The van der Waals surface area contributed by atoms with Crippen molar-refractivity contribution in [1.82, 2.24) is 4.72 Å². The Bertz CT molecular complexity index is 1580. The summed E-state index contributed by atoms with van der Waals surface area (Å²) in [7, 11) is -3.82. The van der Waals surface area contributed by atoms with Gasteiger partial charge in [0.25, 0.3) is 0 Å². The van der Waals surface area contributed by atoms with E-state index in [0.29, 0.717) is 26.7 Å². The minimum Gasteiger partial charge on any atom is -0.369 e. The summed E-state index contributed by atoms with van der Waals surface area (Å²) in [5, 5.41) is 12.9. The Morgan fingerprint density at radius 2 is 1.36 bits per heavy atom. The van der Waals surface area contributed by atoms with Crippen molar-refractivity contribution in [2.45, 2.75) is 30.4 Å². The van der Waals surface area contributed by atoms with E-state index in [0.717, 1.165) is 11.1 Å². The van der Waals surface area contributed by atoms with Crippen molar-refractivity contribution in [1.29, 1.82) is 0 Å². The summed E-state index contributed by atoms with van der Waals surface area (Å²) in [6.07, 6.45) is 1.73. The van der Waals surface area contributed by atoms with Gasteiger partial charge in [0.2, 0.25) is 10.0 Å². The monoisotopic (exact) mass is 575 g/mol. The van der Waals surface area contributed by atoms with Gasteiger partial charge in [0.15, 0.2) is 5.60 Å². The fourth-order valence-electron chi connectivity index (χ4n) is 3.99. The van der Waals surface area contributed by atoms with Crippen LogP contribution in [0.1, 0.15) is 35.2 Å². The van der Waals surface area contributed by atoms with E-state index in [4.69, 9.17) is 23.2 Å². The summed E-state index contributed by atoms with van der Waals surface area (Å²) in [5.41, 5.74) is 1.70. The molecule has 0 aliphatic carbocycles. The number of sulfonamides is 1. The second-order valence-corrected chi connectivity index (χ2v) is 11.7. The molecule has 0 radical (unpaired) electrons. The average molecular weight is 577 g/mol. The second-order valence-electron chi connectivity index (χ2n) is 9.15. The topological polar surface area (TPSA) is 66.4 Å². The van der Waals surface area contributed by atoms with Gasteiger partial charge < -0.3 is 5.11 Å². The van der Waals surface area contributed by atoms with Crippen LogP contribution in [0.4, 0.5) is 0 Å². The van der Waals surface area contributed by atoms with Gasteiger partial charge >= 0.3 is 0 Å². The third-order valence-corrected chi connectivity index (χ3v) is 8.11. The molecule has 1 unspecified atom stereocenters. The van der Waals surface area contributed by atoms with Gasteiger partial charge in [-0.2, -0.15) is 4.72 Å².